The molecule has 0 fully saturated rings. The van der Waals surface area contributed by atoms with Crippen molar-refractivity contribution in [3.05, 3.63) is 51.2 Å². The van der Waals surface area contributed by atoms with Gasteiger partial charge in [0.2, 0.25) is 0 Å². The van der Waals surface area contributed by atoms with E-state index in [1.54, 1.807) is 29.5 Å². The fourth-order valence-corrected chi connectivity index (χ4v) is 3.09. The SMILES string of the molecule is CC(c1cccs1)N(C)c1c(Cl)cccc1C(=O)O. The second-order valence-electron chi connectivity index (χ2n) is 4.24. The third-order valence-corrected chi connectivity index (χ3v) is 4.45. The molecule has 0 aliphatic rings. The van der Waals surface area contributed by atoms with Crippen LogP contribution < -0.4 is 4.90 Å². The lowest BCUT2D eigenvalue weighted by Crippen LogP contribution is -2.23. The van der Waals surface area contributed by atoms with E-state index in [0.717, 1.165) is 0 Å². The number of carboxylic acid groups (broad SMARTS) is 1. The van der Waals surface area contributed by atoms with Crippen LogP contribution in [0.25, 0.3) is 0 Å². The fraction of sp³-hybridized carbons (Fsp3) is 0.214. The van der Waals surface area contributed by atoms with Gasteiger partial charge in [-0.25, -0.2) is 4.79 Å². The molecule has 0 saturated carbocycles. The molecule has 2 aromatic rings. The summed E-state index contributed by atoms with van der Waals surface area (Å²) < 4.78 is 0. The molecule has 5 heteroatoms. The Morgan fingerprint density at radius 3 is 2.68 bits per heavy atom. The van der Waals surface area contributed by atoms with Gasteiger partial charge in [-0.2, -0.15) is 0 Å². The molecule has 1 unspecified atom stereocenters. The average molecular weight is 296 g/mol. The smallest absolute Gasteiger partial charge is 0.337 e. The molecule has 0 aliphatic heterocycles. The number of nitrogens with zero attached hydrogens (tertiary/aromatic N) is 1. The topological polar surface area (TPSA) is 40.5 Å². The van der Waals surface area contributed by atoms with Gasteiger partial charge in [0.15, 0.2) is 0 Å². The summed E-state index contributed by atoms with van der Waals surface area (Å²) in [5.74, 6) is -0.970. The van der Waals surface area contributed by atoms with Crippen LogP contribution in [0.3, 0.4) is 0 Å². The molecule has 1 heterocycles. The van der Waals surface area contributed by atoms with E-state index in [-0.39, 0.29) is 11.6 Å². The Morgan fingerprint density at radius 2 is 2.11 bits per heavy atom. The van der Waals surface area contributed by atoms with Gasteiger partial charge >= 0.3 is 5.97 Å². The summed E-state index contributed by atoms with van der Waals surface area (Å²) in [4.78, 5) is 14.4. The third kappa shape index (κ3) is 2.74. The highest BCUT2D eigenvalue weighted by atomic mass is 35.5. The Hall–Kier alpha value is -1.52. The van der Waals surface area contributed by atoms with E-state index in [1.807, 2.05) is 36.4 Å². The molecule has 0 aliphatic carbocycles. The van der Waals surface area contributed by atoms with Crippen LogP contribution in [0.2, 0.25) is 5.02 Å². The van der Waals surface area contributed by atoms with E-state index < -0.39 is 5.97 Å². The quantitative estimate of drug-likeness (QED) is 0.914. The predicted molar refractivity (Wildman–Crippen MR) is 79.5 cm³/mol. The van der Waals surface area contributed by atoms with Gasteiger partial charge < -0.3 is 10.0 Å². The number of thiophene rings is 1. The lowest BCUT2D eigenvalue weighted by Gasteiger charge is -2.28. The van der Waals surface area contributed by atoms with Gasteiger partial charge in [0.05, 0.1) is 22.3 Å². The maximum absolute atomic E-state index is 11.3. The van der Waals surface area contributed by atoms with Crippen LogP contribution in [0.1, 0.15) is 28.2 Å². The molecule has 1 aromatic heterocycles. The Morgan fingerprint density at radius 1 is 1.37 bits per heavy atom. The largest absolute Gasteiger partial charge is 0.478 e. The summed E-state index contributed by atoms with van der Waals surface area (Å²) in [7, 11) is 1.86. The molecule has 19 heavy (non-hydrogen) atoms. The number of hydrogen-bond acceptors (Lipinski definition) is 3. The van der Waals surface area contributed by atoms with Crippen molar-refractivity contribution in [3.63, 3.8) is 0 Å². The highest BCUT2D eigenvalue weighted by Gasteiger charge is 2.21. The Kier molecular flexibility index (Phi) is 4.12. The van der Waals surface area contributed by atoms with Gasteiger partial charge in [-0.1, -0.05) is 23.7 Å². The first-order chi connectivity index (χ1) is 9.02. The number of aromatic carboxylic acids is 1. The minimum atomic E-state index is -0.970. The number of benzene rings is 1. The van der Waals surface area contributed by atoms with Crippen LogP contribution in [0.4, 0.5) is 5.69 Å². The van der Waals surface area contributed by atoms with Gasteiger partial charge in [0.1, 0.15) is 0 Å². The molecule has 0 saturated heterocycles. The standard InChI is InChI=1S/C14H14ClNO2S/c1-9(12-7-4-8-19-12)16(2)13-10(14(17)18)5-3-6-11(13)15/h3-9H,1-2H3,(H,17,18). The number of anilines is 1. The Labute approximate surface area is 121 Å². The minimum absolute atomic E-state index is 0.0676. The van der Waals surface area contributed by atoms with Gasteiger partial charge in [-0.05, 0) is 30.5 Å². The van der Waals surface area contributed by atoms with Gasteiger partial charge in [0, 0.05) is 11.9 Å². The van der Waals surface area contributed by atoms with Crippen molar-refractivity contribution in [3.8, 4) is 0 Å². The lowest BCUT2D eigenvalue weighted by atomic mass is 10.1. The molecule has 0 bridgehead atoms. The maximum atomic E-state index is 11.3. The Bertz CT molecular complexity index is 583. The van der Waals surface area contributed by atoms with Crippen molar-refractivity contribution in [2.45, 2.75) is 13.0 Å². The third-order valence-electron chi connectivity index (χ3n) is 3.11. The number of halogens is 1. The molecule has 1 aromatic carbocycles. The zero-order valence-corrected chi connectivity index (χ0v) is 12.2. The van der Waals surface area contributed by atoms with E-state index in [2.05, 4.69) is 0 Å². The van der Waals surface area contributed by atoms with Crippen molar-refractivity contribution in [1.82, 2.24) is 0 Å². The molecule has 1 atom stereocenters. The van der Waals surface area contributed by atoms with Crippen LogP contribution in [-0.4, -0.2) is 18.1 Å². The monoisotopic (exact) mass is 295 g/mol. The molecule has 3 nitrogen and oxygen atoms in total. The number of carboxylic acids is 1. The lowest BCUT2D eigenvalue weighted by molar-refractivity contribution is 0.0697. The van der Waals surface area contributed by atoms with Crippen molar-refractivity contribution in [2.75, 3.05) is 11.9 Å². The number of rotatable bonds is 4. The van der Waals surface area contributed by atoms with Crippen LogP contribution in [-0.2, 0) is 0 Å². The predicted octanol–water partition coefficient (Wildman–Crippen LogP) is 4.30. The minimum Gasteiger partial charge on any atom is -0.478 e. The molecular weight excluding hydrogens is 282 g/mol. The van der Waals surface area contributed by atoms with Gasteiger partial charge in [-0.3, -0.25) is 0 Å². The van der Waals surface area contributed by atoms with E-state index in [1.165, 1.54) is 4.88 Å². The van der Waals surface area contributed by atoms with Crippen LogP contribution in [0.5, 0.6) is 0 Å². The van der Waals surface area contributed by atoms with Gasteiger partial charge in [0.25, 0.3) is 0 Å². The maximum Gasteiger partial charge on any atom is 0.337 e. The summed E-state index contributed by atoms with van der Waals surface area (Å²) >= 11 is 7.81. The van der Waals surface area contributed by atoms with Crippen LogP contribution in [0.15, 0.2) is 35.7 Å². The first-order valence-corrected chi connectivity index (χ1v) is 7.06. The molecule has 0 radical (unpaired) electrons. The molecule has 2 rings (SSSR count). The second kappa shape index (κ2) is 5.63. The van der Waals surface area contributed by atoms with E-state index in [4.69, 9.17) is 11.6 Å². The first kappa shape index (κ1) is 13.9. The van der Waals surface area contributed by atoms with Crippen LogP contribution in [0, 0.1) is 0 Å². The number of para-hydroxylation sites is 1. The number of hydrogen-bond donors (Lipinski definition) is 1. The number of carbonyl (C=O) groups is 1. The fourth-order valence-electron chi connectivity index (χ4n) is 1.96. The molecule has 0 amide bonds. The van der Waals surface area contributed by atoms with Crippen LogP contribution >= 0.6 is 22.9 Å². The average Bonchev–Trinajstić information content (AvgIpc) is 2.90. The van der Waals surface area contributed by atoms with E-state index >= 15 is 0 Å². The summed E-state index contributed by atoms with van der Waals surface area (Å²) in [5, 5.41) is 11.7. The molecular formula is C14H14ClNO2S. The molecule has 0 spiro atoms. The normalized spacial score (nSPS) is 12.2. The highest BCUT2D eigenvalue weighted by molar-refractivity contribution is 7.10. The summed E-state index contributed by atoms with van der Waals surface area (Å²) in [6.45, 7) is 2.03. The summed E-state index contributed by atoms with van der Waals surface area (Å²) in [6.07, 6.45) is 0. The van der Waals surface area contributed by atoms with Gasteiger partial charge in [-0.15, -0.1) is 11.3 Å². The summed E-state index contributed by atoms with van der Waals surface area (Å²) in [5.41, 5.74) is 0.774. The van der Waals surface area contributed by atoms with Crippen molar-refractivity contribution < 1.29 is 9.90 Å². The van der Waals surface area contributed by atoms with Crippen molar-refractivity contribution >= 4 is 34.6 Å². The van der Waals surface area contributed by atoms with Crippen molar-refractivity contribution in [1.29, 1.82) is 0 Å². The van der Waals surface area contributed by atoms with E-state index in [0.29, 0.717) is 10.7 Å². The first-order valence-electron chi connectivity index (χ1n) is 5.80. The van der Waals surface area contributed by atoms with E-state index in [9.17, 15) is 9.90 Å². The highest BCUT2D eigenvalue weighted by Crippen LogP contribution is 2.35. The second-order valence-corrected chi connectivity index (χ2v) is 5.63. The molecule has 1 N–H and O–H groups in total. The zero-order valence-electron chi connectivity index (χ0n) is 10.6. The molecule has 100 valence electrons. The zero-order chi connectivity index (χ0) is 14.0. The summed E-state index contributed by atoms with van der Waals surface area (Å²) in [6, 6.07) is 9.01. The Balaban J connectivity index is 2.44. The van der Waals surface area contributed by atoms with Crippen molar-refractivity contribution in [2.24, 2.45) is 0 Å².